The molecular formula is C28H38O6. The second kappa shape index (κ2) is 10.8. The van der Waals surface area contributed by atoms with Gasteiger partial charge >= 0.3 is 5.97 Å². The van der Waals surface area contributed by atoms with E-state index < -0.39 is 18.2 Å². The average Bonchev–Trinajstić information content (AvgIpc) is 3.07. The fourth-order valence-corrected chi connectivity index (χ4v) is 4.83. The molecule has 3 rings (SSSR count). The standard InChI is InChI=1S/C28H38O6/c1-17(2)25-22(12-11-20(29)13-21(30)14-24(31)32)27-23(15-28(4,5)34-27)18(3)26(25)33-16-19-9-7-6-8-10-19/h6-10,17,20-21,29-30H,11-16H2,1-5H3,(H,31,32). The van der Waals surface area contributed by atoms with Crippen LogP contribution in [0.2, 0.25) is 0 Å². The third-order valence-corrected chi connectivity index (χ3v) is 6.38. The topological polar surface area (TPSA) is 96.2 Å². The Bertz CT molecular complexity index is 996. The fraction of sp³-hybridized carbons (Fsp3) is 0.536. The maximum Gasteiger partial charge on any atom is 0.305 e. The number of benzene rings is 2. The van der Waals surface area contributed by atoms with E-state index in [0.29, 0.717) is 19.4 Å². The number of carbonyl (C=O) groups is 1. The Morgan fingerprint density at radius 1 is 1.15 bits per heavy atom. The van der Waals surface area contributed by atoms with Gasteiger partial charge in [-0.1, -0.05) is 44.2 Å². The lowest BCUT2D eigenvalue weighted by Crippen LogP contribution is -2.25. The largest absolute Gasteiger partial charge is 0.488 e. The van der Waals surface area contributed by atoms with Gasteiger partial charge in [0.15, 0.2) is 0 Å². The van der Waals surface area contributed by atoms with Gasteiger partial charge < -0.3 is 24.8 Å². The van der Waals surface area contributed by atoms with E-state index >= 15 is 0 Å². The Morgan fingerprint density at radius 3 is 2.44 bits per heavy atom. The normalized spacial score (nSPS) is 16.1. The van der Waals surface area contributed by atoms with Crippen molar-refractivity contribution in [2.75, 3.05) is 0 Å². The zero-order valence-corrected chi connectivity index (χ0v) is 20.9. The Labute approximate surface area is 202 Å². The predicted molar refractivity (Wildman–Crippen MR) is 132 cm³/mol. The lowest BCUT2D eigenvalue weighted by Gasteiger charge is -2.25. The summed E-state index contributed by atoms with van der Waals surface area (Å²) < 4.78 is 12.9. The van der Waals surface area contributed by atoms with Gasteiger partial charge in [-0.05, 0) is 57.1 Å². The van der Waals surface area contributed by atoms with Crippen molar-refractivity contribution in [1.82, 2.24) is 0 Å². The first kappa shape index (κ1) is 26.0. The molecule has 0 aromatic heterocycles. The lowest BCUT2D eigenvalue weighted by atomic mass is 9.86. The molecule has 6 heteroatoms. The third kappa shape index (κ3) is 6.30. The maximum atomic E-state index is 10.8. The second-order valence-corrected chi connectivity index (χ2v) is 10.3. The van der Waals surface area contributed by atoms with E-state index in [4.69, 9.17) is 14.6 Å². The summed E-state index contributed by atoms with van der Waals surface area (Å²) in [5.74, 6) is 0.867. The van der Waals surface area contributed by atoms with Crippen molar-refractivity contribution < 1.29 is 29.6 Å². The van der Waals surface area contributed by atoms with Crippen LogP contribution in [0.5, 0.6) is 11.5 Å². The molecule has 2 atom stereocenters. The molecule has 6 nitrogen and oxygen atoms in total. The summed E-state index contributed by atoms with van der Waals surface area (Å²) in [5, 5.41) is 29.3. The molecule has 1 aliphatic rings. The zero-order chi connectivity index (χ0) is 25.0. The Balaban J connectivity index is 1.93. The summed E-state index contributed by atoms with van der Waals surface area (Å²) in [5.41, 5.74) is 5.14. The van der Waals surface area contributed by atoms with Gasteiger partial charge in [-0.3, -0.25) is 4.79 Å². The first-order chi connectivity index (χ1) is 16.0. The van der Waals surface area contributed by atoms with Gasteiger partial charge in [-0.2, -0.15) is 0 Å². The number of aliphatic hydroxyl groups is 2. The summed E-state index contributed by atoms with van der Waals surface area (Å²) in [6.45, 7) is 11.0. The van der Waals surface area contributed by atoms with Crippen LogP contribution in [-0.4, -0.2) is 39.1 Å². The monoisotopic (exact) mass is 470 g/mol. The molecule has 2 aromatic carbocycles. The number of hydrogen-bond donors (Lipinski definition) is 3. The van der Waals surface area contributed by atoms with Crippen LogP contribution in [0.4, 0.5) is 0 Å². The van der Waals surface area contributed by atoms with Gasteiger partial charge in [0, 0.05) is 23.1 Å². The zero-order valence-electron chi connectivity index (χ0n) is 20.9. The van der Waals surface area contributed by atoms with E-state index in [1.807, 2.05) is 30.3 Å². The number of aliphatic hydroxyl groups excluding tert-OH is 2. The Hall–Kier alpha value is -2.57. The molecule has 0 aliphatic carbocycles. The second-order valence-electron chi connectivity index (χ2n) is 10.3. The first-order valence-electron chi connectivity index (χ1n) is 12.1. The highest BCUT2D eigenvalue weighted by Gasteiger charge is 2.37. The Morgan fingerprint density at radius 2 is 1.82 bits per heavy atom. The molecule has 0 saturated heterocycles. The minimum Gasteiger partial charge on any atom is -0.488 e. The highest BCUT2D eigenvalue weighted by atomic mass is 16.5. The minimum absolute atomic E-state index is 0.0288. The summed E-state index contributed by atoms with van der Waals surface area (Å²) in [6.07, 6.45) is -0.497. The number of carboxylic acids is 1. The number of fused-ring (bicyclic) bond motifs is 1. The van der Waals surface area contributed by atoms with Crippen LogP contribution < -0.4 is 9.47 Å². The summed E-state index contributed by atoms with van der Waals surface area (Å²) >= 11 is 0. The number of rotatable bonds is 11. The van der Waals surface area contributed by atoms with Crippen LogP contribution in [0.3, 0.4) is 0 Å². The number of aliphatic carboxylic acids is 1. The van der Waals surface area contributed by atoms with Crippen molar-refractivity contribution in [2.24, 2.45) is 0 Å². The molecule has 2 unspecified atom stereocenters. The van der Waals surface area contributed by atoms with E-state index in [0.717, 1.165) is 45.7 Å². The number of carboxylic acid groups (broad SMARTS) is 1. The van der Waals surface area contributed by atoms with Crippen molar-refractivity contribution in [3.05, 3.63) is 58.1 Å². The molecule has 34 heavy (non-hydrogen) atoms. The lowest BCUT2D eigenvalue weighted by molar-refractivity contribution is -0.139. The van der Waals surface area contributed by atoms with Crippen LogP contribution >= 0.6 is 0 Å². The summed E-state index contributed by atoms with van der Waals surface area (Å²) in [4.78, 5) is 10.8. The van der Waals surface area contributed by atoms with Crippen LogP contribution in [-0.2, 0) is 24.2 Å². The molecular weight excluding hydrogens is 432 g/mol. The third-order valence-electron chi connectivity index (χ3n) is 6.38. The molecule has 186 valence electrons. The van der Waals surface area contributed by atoms with E-state index in [1.165, 1.54) is 0 Å². The van der Waals surface area contributed by atoms with Crippen molar-refractivity contribution in [1.29, 1.82) is 0 Å². The fourth-order valence-electron chi connectivity index (χ4n) is 4.83. The summed E-state index contributed by atoms with van der Waals surface area (Å²) in [6, 6.07) is 10.1. The van der Waals surface area contributed by atoms with Crippen molar-refractivity contribution in [2.45, 2.75) is 97.1 Å². The van der Waals surface area contributed by atoms with Gasteiger partial charge in [0.1, 0.15) is 23.7 Å². The molecule has 2 aromatic rings. The van der Waals surface area contributed by atoms with Crippen molar-refractivity contribution in [3.63, 3.8) is 0 Å². The van der Waals surface area contributed by atoms with E-state index in [9.17, 15) is 15.0 Å². The minimum atomic E-state index is -1.08. The predicted octanol–water partition coefficient (Wildman–Crippen LogP) is 4.93. The quantitative estimate of drug-likeness (QED) is 0.431. The molecule has 0 radical (unpaired) electrons. The van der Waals surface area contributed by atoms with Crippen LogP contribution in [0.15, 0.2) is 30.3 Å². The highest BCUT2D eigenvalue weighted by Crippen LogP contribution is 2.48. The van der Waals surface area contributed by atoms with Gasteiger partial charge in [0.25, 0.3) is 0 Å². The number of ether oxygens (including phenoxy) is 2. The molecule has 1 heterocycles. The highest BCUT2D eigenvalue weighted by molar-refractivity contribution is 5.67. The number of hydrogen-bond acceptors (Lipinski definition) is 5. The molecule has 0 amide bonds. The maximum absolute atomic E-state index is 10.8. The van der Waals surface area contributed by atoms with Gasteiger partial charge in [0.05, 0.1) is 18.6 Å². The van der Waals surface area contributed by atoms with Gasteiger partial charge in [0.2, 0.25) is 0 Å². The van der Waals surface area contributed by atoms with Crippen molar-refractivity contribution >= 4 is 5.97 Å². The molecule has 0 fully saturated rings. The Kier molecular flexibility index (Phi) is 8.26. The van der Waals surface area contributed by atoms with E-state index in [1.54, 1.807) is 0 Å². The van der Waals surface area contributed by atoms with Crippen molar-refractivity contribution in [3.8, 4) is 11.5 Å². The summed E-state index contributed by atoms with van der Waals surface area (Å²) in [7, 11) is 0. The molecule has 0 spiro atoms. The molecule has 0 saturated carbocycles. The molecule has 0 bridgehead atoms. The van der Waals surface area contributed by atoms with E-state index in [-0.39, 0.29) is 24.4 Å². The van der Waals surface area contributed by atoms with Gasteiger partial charge in [-0.25, -0.2) is 0 Å². The van der Waals surface area contributed by atoms with Gasteiger partial charge in [-0.15, -0.1) is 0 Å². The van der Waals surface area contributed by atoms with Crippen LogP contribution in [0.25, 0.3) is 0 Å². The van der Waals surface area contributed by atoms with Crippen LogP contribution in [0, 0.1) is 6.92 Å². The molecule has 1 aliphatic heterocycles. The molecule has 3 N–H and O–H groups in total. The SMILES string of the molecule is Cc1c2c(c(CCC(O)CC(O)CC(=O)O)c(C(C)C)c1OCc1ccccc1)OC(C)(C)C2. The van der Waals surface area contributed by atoms with Crippen LogP contribution in [0.1, 0.15) is 80.7 Å². The first-order valence-corrected chi connectivity index (χ1v) is 12.1. The average molecular weight is 471 g/mol. The smallest absolute Gasteiger partial charge is 0.305 e. The van der Waals surface area contributed by atoms with E-state index in [2.05, 4.69) is 34.6 Å².